The van der Waals surface area contributed by atoms with Gasteiger partial charge in [-0.3, -0.25) is 0 Å². The number of hydrogen-bond acceptors (Lipinski definition) is 1. The molecule has 2 heteroatoms. The first kappa shape index (κ1) is 11.2. The molecule has 16 heavy (non-hydrogen) atoms. The molecule has 2 aromatic rings. The van der Waals surface area contributed by atoms with E-state index in [1.807, 2.05) is 12.1 Å². The van der Waals surface area contributed by atoms with E-state index in [1.165, 1.54) is 10.9 Å². The third-order valence-electron chi connectivity index (χ3n) is 3.17. The fraction of sp³-hybridized carbons (Fsp3) is 0.429. The fourth-order valence-electron chi connectivity index (χ4n) is 2.06. The second-order valence-electron chi connectivity index (χ2n) is 4.02. The summed E-state index contributed by atoms with van der Waals surface area (Å²) in [5.41, 5.74) is 1.31. The number of rotatable bonds is 5. The molecule has 2 rings (SSSR count). The van der Waals surface area contributed by atoms with E-state index in [1.54, 1.807) is 0 Å². The maximum Gasteiger partial charge on any atom is 0.0481 e. The highest BCUT2D eigenvalue weighted by Crippen LogP contribution is 2.14. The highest BCUT2D eigenvalue weighted by atomic mass is 15.1. The molecule has 1 radical (unpaired) electrons. The zero-order valence-electron chi connectivity index (χ0n) is 10.1. The summed E-state index contributed by atoms with van der Waals surface area (Å²) < 4.78 is 2.32. The molecule has 2 nitrogen and oxygen atoms in total. The van der Waals surface area contributed by atoms with Crippen LogP contribution in [0.5, 0.6) is 0 Å². The van der Waals surface area contributed by atoms with E-state index >= 15 is 0 Å². The summed E-state index contributed by atoms with van der Waals surface area (Å²) in [5, 5.41) is 1.28. The molecule has 0 amide bonds. The Kier molecular flexibility index (Phi) is 3.62. The van der Waals surface area contributed by atoms with Crippen molar-refractivity contribution in [2.75, 3.05) is 19.6 Å². The van der Waals surface area contributed by atoms with Crippen LogP contribution in [0, 0.1) is 6.07 Å². The van der Waals surface area contributed by atoms with Crippen LogP contribution in [-0.2, 0) is 6.54 Å². The van der Waals surface area contributed by atoms with Crippen LogP contribution in [0.15, 0.2) is 30.5 Å². The van der Waals surface area contributed by atoms with Gasteiger partial charge in [-0.1, -0.05) is 19.9 Å². The van der Waals surface area contributed by atoms with Crippen LogP contribution in [-0.4, -0.2) is 29.1 Å². The summed E-state index contributed by atoms with van der Waals surface area (Å²) in [5.74, 6) is 0. The third-order valence-corrected chi connectivity index (χ3v) is 3.17. The second-order valence-corrected chi connectivity index (χ2v) is 4.02. The number of aromatic nitrogens is 1. The van der Waals surface area contributed by atoms with Crippen molar-refractivity contribution in [2.45, 2.75) is 20.4 Å². The molecular formula is C14H19N2. The van der Waals surface area contributed by atoms with Gasteiger partial charge < -0.3 is 9.47 Å². The molecule has 1 aromatic heterocycles. The Morgan fingerprint density at radius 2 is 2.06 bits per heavy atom. The quantitative estimate of drug-likeness (QED) is 0.744. The average Bonchev–Trinajstić information content (AvgIpc) is 2.74. The molecule has 0 atom stereocenters. The third kappa shape index (κ3) is 2.27. The zero-order chi connectivity index (χ0) is 11.4. The summed E-state index contributed by atoms with van der Waals surface area (Å²) in [7, 11) is 0. The summed E-state index contributed by atoms with van der Waals surface area (Å²) in [6, 6.07) is 11.4. The van der Waals surface area contributed by atoms with E-state index in [9.17, 15) is 0 Å². The van der Waals surface area contributed by atoms with Crippen LogP contribution < -0.4 is 0 Å². The first-order chi connectivity index (χ1) is 7.85. The topological polar surface area (TPSA) is 8.17 Å². The Labute approximate surface area is 97.5 Å². The van der Waals surface area contributed by atoms with Gasteiger partial charge in [0.2, 0.25) is 0 Å². The highest BCUT2D eigenvalue weighted by Gasteiger charge is 2.02. The van der Waals surface area contributed by atoms with Gasteiger partial charge in [0.15, 0.2) is 0 Å². The van der Waals surface area contributed by atoms with Gasteiger partial charge in [-0.05, 0) is 37.4 Å². The molecule has 0 spiro atoms. The van der Waals surface area contributed by atoms with Crippen molar-refractivity contribution in [3.63, 3.8) is 0 Å². The molecule has 85 valence electrons. The lowest BCUT2D eigenvalue weighted by Gasteiger charge is -2.18. The van der Waals surface area contributed by atoms with Crippen molar-refractivity contribution in [1.82, 2.24) is 9.47 Å². The van der Waals surface area contributed by atoms with Gasteiger partial charge in [0.1, 0.15) is 0 Å². The minimum Gasteiger partial charge on any atom is -0.346 e. The monoisotopic (exact) mass is 215 g/mol. The Bertz CT molecular complexity index is 441. The van der Waals surface area contributed by atoms with E-state index in [-0.39, 0.29) is 0 Å². The van der Waals surface area contributed by atoms with E-state index in [2.05, 4.69) is 47.7 Å². The molecule has 0 fully saturated rings. The molecule has 0 unspecified atom stereocenters. The van der Waals surface area contributed by atoms with Gasteiger partial charge in [-0.2, -0.15) is 0 Å². The van der Waals surface area contributed by atoms with Gasteiger partial charge in [0.05, 0.1) is 0 Å². The van der Waals surface area contributed by atoms with Crippen molar-refractivity contribution < 1.29 is 0 Å². The molecule has 0 aliphatic carbocycles. The minimum atomic E-state index is 1.06. The molecular weight excluding hydrogens is 196 g/mol. The van der Waals surface area contributed by atoms with Crippen LogP contribution >= 0.6 is 0 Å². The molecule has 1 aromatic carbocycles. The van der Waals surface area contributed by atoms with Gasteiger partial charge in [-0.15, -0.1) is 0 Å². The largest absolute Gasteiger partial charge is 0.346 e. The van der Waals surface area contributed by atoms with Gasteiger partial charge >= 0.3 is 0 Å². The molecule has 0 aliphatic rings. The van der Waals surface area contributed by atoms with Crippen molar-refractivity contribution in [2.24, 2.45) is 0 Å². The van der Waals surface area contributed by atoms with Crippen molar-refractivity contribution in [3.8, 4) is 0 Å². The maximum absolute atomic E-state index is 3.11. The number of nitrogens with zero attached hydrogens (tertiary/aromatic N) is 2. The first-order valence-corrected chi connectivity index (χ1v) is 6.02. The van der Waals surface area contributed by atoms with E-state index in [4.69, 9.17) is 0 Å². The zero-order valence-corrected chi connectivity index (χ0v) is 10.1. The van der Waals surface area contributed by atoms with Crippen molar-refractivity contribution in [3.05, 3.63) is 36.5 Å². The Morgan fingerprint density at radius 3 is 2.81 bits per heavy atom. The summed E-state index contributed by atoms with van der Waals surface area (Å²) in [4.78, 5) is 2.45. The lowest BCUT2D eigenvalue weighted by Crippen LogP contribution is -2.26. The van der Waals surface area contributed by atoms with E-state index < -0.39 is 0 Å². The highest BCUT2D eigenvalue weighted by molar-refractivity contribution is 5.79. The van der Waals surface area contributed by atoms with Gasteiger partial charge in [-0.25, -0.2) is 0 Å². The lowest BCUT2D eigenvalue weighted by atomic mass is 10.2. The van der Waals surface area contributed by atoms with E-state index in [0.717, 1.165) is 26.2 Å². The molecule has 0 N–H and O–H groups in total. The fourth-order valence-corrected chi connectivity index (χ4v) is 2.06. The number of likely N-dealkylation sites (N-methyl/N-ethyl adjacent to an activating group) is 1. The molecule has 0 aliphatic heterocycles. The maximum atomic E-state index is 3.11. The van der Waals surface area contributed by atoms with Crippen LogP contribution in [0.4, 0.5) is 0 Å². The molecule has 0 bridgehead atoms. The number of hydrogen-bond donors (Lipinski definition) is 0. The van der Waals surface area contributed by atoms with Crippen LogP contribution in [0.25, 0.3) is 10.9 Å². The summed E-state index contributed by atoms with van der Waals surface area (Å²) >= 11 is 0. The van der Waals surface area contributed by atoms with Crippen molar-refractivity contribution >= 4 is 10.9 Å². The SMILES string of the molecule is CCN(CC)CCn1ccc2c[c]ccc21. The normalized spacial score (nSPS) is 11.4. The molecule has 1 heterocycles. The van der Waals surface area contributed by atoms with Gasteiger partial charge in [0, 0.05) is 30.2 Å². The lowest BCUT2D eigenvalue weighted by molar-refractivity contribution is 0.292. The predicted octanol–water partition coefficient (Wildman–Crippen LogP) is 2.78. The standard InChI is InChI=1S/C14H19N2/c1-3-15(4-2)11-12-16-10-9-13-7-5-6-8-14(13)16/h6-10H,3-4,11-12H2,1-2H3. The Hall–Kier alpha value is -1.28. The predicted molar refractivity (Wildman–Crippen MR) is 68.6 cm³/mol. The molecule has 0 saturated heterocycles. The van der Waals surface area contributed by atoms with Crippen LogP contribution in [0.1, 0.15) is 13.8 Å². The second kappa shape index (κ2) is 5.17. The smallest absolute Gasteiger partial charge is 0.0481 e. The van der Waals surface area contributed by atoms with E-state index in [0.29, 0.717) is 0 Å². The van der Waals surface area contributed by atoms with Crippen molar-refractivity contribution in [1.29, 1.82) is 0 Å². The molecule has 0 saturated carbocycles. The van der Waals surface area contributed by atoms with Gasteiger partial charge in [0.25, 0.3) is 0 Å². The first-order valence-electron chi connectivity index (χ1n) is 6.02. The summed E-state index contributed by atoms with van der Waals surface area (Å²) in [6.45, 7) is 8.87. The number of benzene rings is 1. The Balaban J connectivity index is 2.09. The summed E-state index contributed by atoms with van der Waals surface area (Å²) in [6.07, 6.45) is 2.17. The van der Waals surface area contributed by atoms with Crippen LogP contribution in [0.3, 0.4) is 0 Å². The average molecular weight is 215 g/mol. The minimum absolute atomic E-state index is 1.06. The number of fused-ring (bicyclic) bond motifs is 1. The van der Waals surface area contributed by atoms with Crippen LogP contribution in [0.2, 0.25) is 0 Å². The Morgan fingerprint density at radius 1 is 1.25 bits per heavy atom.